The van der Waals surface area contributed by atoms with Gasteiger partial charge in [-0.1, -0.05) is 6.07 Å². The van der Waals surface area contributed by atoms with Crippen molar-refractivity contribution in [2.24, 2.45) is 0 Å². The van der Waals surface area contributed by atoms with E-state index in [0.29, 0.717) is 28.1 Å². The molecular weight excluding hydrogens is 419 g/mol. The van der Waals surface area contributed by atoms with E-state index in [1.807, 2.05) is 6.07 Å². The highest BCUT2D eigenvalue weighted by atomic mass is 32.1. The Morgan fingerprint density at radius 3 is 2.71 bits per heavy atom. The van der Waals surface area contributed by atoms with E-state index < -0.39 is 11.7 Å². The molecule has 0 fully saturated rings. The van der Waals surface area contributed by atoms with Gasteiger partial charge in [-0.3, -0.25) is 15.1 Å². The van der Waals surface area contributed by atoms with Crippen LogP contribution in [0, 0.1) is 5.82 Å². The quantitative estimate of drug-likeness (QED) is 0.473. The van der Waals surface area contributed by atoms with Gasteiger partial charge in [-0.15, -0.1) is 11.3 Å². The second-order valence-electron chi connectivity index (χ2n) is 6.30. The minimum atomic E-state index is -0.505. The molecule has 0 saturated heterocycles. The summed E-state index contributed by atoms with van der Waals surface area (Å²) in [6.07, 6.45) is 1.50. The van der Waals surface area contributed by atoms with E-state index in [1.54, 1.807) is 29.6 Å². The van der Waals surface area contributed by atoms with E-state index >= 15 is 0 Å². The van der Waals surface area contributed by atoms with E-state index in [9.17, 15) is 9.18 Å². The number of rotatable bonds is 6. The third-order valence-corrected chi connectivity index (χ3v) is 5.16. The van der Waals surface area contributed by atoms with E-state index in [2.05, 4.69) is 20.3 Å². The number of anilines is 1. The maximum Gasteiger partial charge on any atom is 0.259 e. The summed E-state index contributed by atoms with van der Waals surface area (Å²) < 4.78 is 24.8. The van der Waals surface area contributed by atoms with Crippen LogP contribution >= 0.6 is 11.3 Å². The zero-order valence-corrected chi connectivity index (χ0v) is 17.4. The van der Waals surface area contributed by atoms with E-state index in [-0.39, 0.29) is 16.8 Å². The normalized spacial score (nSPS) is 10.5. The molecule has 0 saturated carbocycles. The third-order valence-electron chi connectivity index (χ3n) is 4.40. The van der Waals surface area contributed by atoms with Crippen molar-refractivity contribution in [1.82, 2.24) is 15.0 Å². The summed E-state index contributed by atoms with van der Waals surface area (Å²) >= 11 is 1.25. The standard InChI is InChI=1S/C22H17FN4O3S/c1-29-13-8-9-16(23)15(11-13)20-14(5-4-10-24-20)21(28)27-22-26-18(12-31-22)17-6-3-7-19(25-17)30-2/h3-12H,1-2H3,(H,26,27,28). The number of hydrogen-bond donors (Lipinski definition) is 1. The number of benzene rings is 1. The Morgan fingerprint density at radius 2 is 1.90 bits per heavy atom. The van der Waals surface area contributed by atoms with Crippen LogP contribution in [0.4, 0.5) is 9.52 Å². The molecule has 1 N–H and O–H groups in total. The number of hydrogen-bond acceptors (Lipinski definition) is 7. The Morgan fingerprint density at radius 1 is 1.03 bits per heavy atom. The molecule has 0 aliphatic rings. The number of aromatic nitrogens is 3. The Hall–Kier alpha value is -3.85. The van der Waals surface area contributed by atoms with E-state index in [1.165, 1.54) is 50.0 Å². The molecule has 0 bridgehead atoms. The second kappa shape index (κ2) is 8.88. The van der Waals surface area contributed by atoms with Crippen molar-refractivity contribution < 1.29 is 18.7 Å². The SMILES string of the molecule is COc1ccc(F)c(-c2ncccc2C(=O)Nc2nc(-c3cccc(OC)n3)cs2)c1. The van der Waals surface area contributed by atoms with Crippen molar-refractivity contribution in [3.63, 3.8) is 0 Å². The molecule has 0 spiro atoms. The van der Waals surface area contributed by atoms with Crippen molar-refractivity contribution in [2.75, 3.05) is 19.5 Å². The lowest BCUT2D eigenvalue weighted by Crippen LogP contribution is -2.14. The number of halogens is 1. The van der Waals surface area contributed by atoms with E-state index in [4.69, 9.17) is 9.47 Å². The van der Waals surface area contributed by atoms with Crippen LogP contribution < -0.4 is 14.8 Å². The molecule has 156 valence electrons. The Balaban J connectivity index is 1.62. The molecule has 31 heavy (non-hydrogen) atoms. The van der Waals surface area contributed by atoms with Crippen molar-refractivity contribution in [1.29, 1.82) is 0 Å². The molecule has 1 amide bonds. The fourth-order valence-corrected chi connectivity index (χ4v) is 3.60. The molecule has 1 aromatic carbocycles. The first kappa shape index (κ1) is 20.4. The molecule has 3 aromatic heterocycles. The summed E-state index contributed by atoms with van der Waals surface area (Å²) in [5.74, 6) is -0.0285. The summed E-state index contributed by atoms with van der Waals surface area (Å²) in [5, 5.41) is 4.91. The third kappa shape index (κ3) is 4.36. The topological polar surface area (TPSA) is 86.2 Å². The number of nitrogens with one attached hydrogen (secondary N) is 1. The molecule has 0 unspecified atom stereocenters. The average molecular weight is 436 g/mol. The minimum Gasteiger partial charge on any atom is -0.497 e. The largest absolute Gasteiger partial charge is 0.497 e. The van der Waals surface area contributed by atoms with Crippen LogP contribution in [0.3, 0.4) is 0 Å². The molecule has 9 heteroatoms. The van der Waals surface area contributed by atoms with Gasteiger partial charge in [-0.2, -0.15) is 0 Å². The number of carbonyl (C=O) groups excluding carboxylic acids is 1. The highest BCUT2D eigenvalue weighted by Gasteiger charge is 2.19. The number of methoxy groups -OCH3 is 2. The highest BCUT2D eigenvalue weighted by molar-refractivity contribution is 7.14. The van der Waals surface area contributed by atoms with Gasteiger partial charge in [0.05, 0.1) is 31.2 Å². The van der Waals surface area contributed by atoms with Crippen LogP contribution in [0.1, 0.15) is 10.4 Å². The Labute approximate surface area is 181 Å². The van der Waals surface area contributed by atoms with Gasteiger partial charge in [0.25, 0.3) is 5.91 Å². The lowest BCUT2D eigenvalue weighted by Gasteiger charge is -2.10. The van der Waals surface area contributed by atoms with Crippen molar-refractivity contribution in [2.45, 2.75) is 0 Å². The number of carbonyl (C=O) groups is 1. The van der Waals surface area contributed by atoms with Gasteiger partial charge in [0.15, 0.2) is 5.13 Å². The van der Waals surface area contributed by atoms with Gasteiger partial charge < -0.3 is 9.47 Å². The molecule has 4 aromatic rings. The zero-order valence-electron chi connectivity index (χ0n) is 16.6. The molecule has 3 heterocycles. The summed E-state index contributed by atoms with van der Waals surface area (Å²) in [6.45, 7) is 0. The lowest BCUT2D eigenvalue weighted by atomic mass is 10.0. The summed E-state index contributed by atoms with van der Waals surface area (Å²) in [4.78, 5) is 25.9. The van der Waals surface area contributed by atoms with Crippen LogP contribution in [0.5, 0.6) is 11.6 Å². The van der Waals surface area contributed by atoms with Crippen LogP contribution in [0.2, 0.25) is 0 Å². The van der Waals surface area contributed by atoms with E-state index in [0.717, 1.165) is 0 Å². The van der Waals surface area contributed by atoms with Crippen LogP contribution in [0.25, 0.3) is 22.6 Å². The fraction of sp³-hybridized carbons (Fsp3) is 0.0909. The zero-order chi connectivity index (χ0) is 21.8. The first-order chi connectivity index (χ1) is 15.1. The predicted octanol–water partition coefficient (Wildman–Crippen LogP) is 4.68. The average Bonchev–Trinajstić information content (AvgIpc) is 3.28. The van der Waals surface area contributed by atoms with Crippen molar-refractivity contribution in [3.05, 3.63) is 71.5 Å². The van der Waals surface area contributed by atoms with Crippen LogP contribution in [-0.2, 0) is 0 Å². The summed E-state index contributed by atoms with van der Waals surface area (Å²) in [6, 6.07) is 12.8. The van der Waals surface area contributed by atoms with Crippen LogP contribution in [0.15, 0.2) is 60.1 Å². The van der Waals surface area contributed by atoms with Gasteiger partial charge in [0, 0.05) is 23.2 Å². The fourth-order valence-electron chi connectivity index (χ4n) is 2.90. The van der Waals surface area contributed by atoms with Gasteiger partial charge in [0.1, 0.15) is 17.3 Å². The molecule has 0 atom stereocenters. The van der Waals surface area contributed by atoms with Crippen molar-refractivity contribution in [3.8, 4) is 34.3 Å². The first-order valence-electron chi connectivity index (χ1n) is 9.16. The minimum absolute atomic E-state index is 0.172. The molecule has 0 aliphatic heterocycles. The summed E-state index contributed by atoms with van der Waals surface area (Å²) in [7, 11) is 3.02. The monoisotopic (exact) mass is 436 g/mol. The molecule has 0 aliphatic carbocycles. The number of amides is 1. The molecule has 4 rings (SSSR count). The van der Waals surface area contributed by atoms with Crippen LogP contribution in [-0.4, -0.2) is 35.1 Å². The number of ether oxygens (including phenoxy) is 2. The predicted molar refractivity (Wildman–Crippen MR) is 116 cm³/mol. The van der Waals surface area contributed by atoms with Gasteiger partial charge in [0.2, 0.25) is 5.88 Å². The summed E-state index contributed by atoms with van der Waals surface area (Å²) in [5.41, 5.74) is 1.82. The van der Waals surface area contributed by atoms with Crippen molar-refractivity contribution >= 4 is 22.4 Å². The molecule has 7 nitrogen and oxygen atoms in total. The maximum absolute atomic E-state index is 14.5. The second-order valence-corrected chi connectivity index (χ2v) is 7.16. The van der Waals surface area contributed by atoms with Gasteiger partial charge in [-0.25, -0.2) is 14.4 Å². The number of nitrogens with zero attached hydrogens (tertiary/aromatic N) is 3. The van der Waals surface area contributed by atoms with Gasteiger partial charge >= 0.3 is 0 Å². The number of thiazole rings is 1. The molecular formula is C22H17FN4O3S. The Kier molecular flexibility index (Phi) is 5.85. The molecule has 0 radical (unpaired) electrons. The highest BCUT2D eigenvalue weighted by Crippen LogP contribution is 2.30. The number of pyridine rings is 2. The Bertz CT molecular complexity index is 1240. The smallest absolute Gasteiger partial charge is 0.259 e. The maximum atomic E-state index is 14.5. The lowest BCUT2D eigenvalue weighted by molar-refractivity contribution is 0.102. The van der Waals surface area contributed by atoms with Gasteiger partial charge in [-0.05, 0) is 36.4 Å². The first-order valence-corrected chi connectivity index (χ1v) is 10.0.